The van der Waals surface area contributed by atoms with Gasteiger partial charge in [0.05, 0.1) is 5.75 Å². The summed E-state index contributed by atoms with van der Waals surface area (Å²) in [5.74, 6) is -0.997. The van der Waals surface area contributed by atoms with Gasteiger partial charge in [-0.05, 0) is 54.1 Å². The highest BCUT2D eigenvalue weighted by Crippen LogP contribution is 2.42. The highest BCUT2D eigenvalue weighted by atomic mass is 32.2. The lowest BCUT2D eigenvalue weighted by Crippen LogP contribution is -2.29. The average Bonchev–Trinajstić information content (AvgIpc) is 3.23. The van der Waals surface area contributed by atoms with Gasteiger partial charge in [0.1, 0.15) is 15.8 Å². The summed E-state index contributed by atoms with van der Waals surface area (Å²) in [6, 6.07) is 7.33. The quantitative estimate of drug-likeness (QED) is 0.590. The number of H-pyrrole nitrogens is 1. The molecule has 0 bridgehead atoms. The largest absolute Gasteiger partial charge is 0.329 e. The molecule has 1 aliphatic rings. The molecule has 0 fully saturated rings. The number of rotatable bonds is 5. The molecule has 0 spiro atoms. The van der Waals surface area contributed by atoms with Gasteiger partial charge in [0, 0.05) is 33.9 Å². The number of benzene rings is 1. The molecule has 0 aliphatic heterocycles. The van der Waals surface area contributed by atoms with E-state index in [0.717, 1.165) is 28.2 Å². The lowest BCUT2D eigenvalue weighted by Gasteiger charge is -2.30. The Balaban J connectivity index is 1.64. The molecule has 0 saturated carbocycles. The van der Waals surface area contributed by atoms with E-state index < -0.39 is 32.4 Å². The van der Waals surface area contributed by atoms with Crippen molar-refractivity contribution < 1.29 is 17.6 Å². The van der Waals surface area contributed by atoms with Crippen molar-refractivity contribution in [3.8, 4) is 0 Å². The van der Waals surface area contributed by atoms with Crippen LogP contribution in [-0.4, -0.2) is 19.2 Å². The first-order valence-corrected chi connectivity index (χ1v) is 12.4. The second-order valence-corrected chi connectivity index (χ2v) is 11.5. The van der Waals surface area contributed by atoms with Crippen LogP contribution in [0.3, 0.4) is 0 Å². The molecule has 8 heteroatoms. The zero-order chi connectivity index (χ0) is 22.4. The molecular formula is C23H22FNO4S2. The second-order valence-electron chi connectivity index (χ2n) is 8.16. The van der Waals surface area contributed by atoms with Crippen molar-refractivity contribution in [3.05, 3.63) is 69.2 Å². The molecule has 0 amide bonds. The number of nitrogens with one attached hydrogen (secondary N) is 1. The minimum atomic E-state index is -3.81. The number of aromatic amines is 1. The van der Waals surface area contributed by atoms with E-state index in [9.17, 15) is 22.4 Å². The lowest BCUT2D eigenvalue weighted by atomic mass is 9.72. The number of carbonyl (C=O) groups excluding carboxylic acids is 1. The van der Waals surface area contributed by atoms with Crippen LogP contribution in [-0.2, 0) is 20.4 Å². The van der Waals surface area contributed by atoms with Crippen LogP contribution in [0.25, 0.3) is 16.3 Å². The van der Waals surface area contributed by atoms with Gasteiger partial charge in [0.15, 0.2) is 9.84 Å². The van der Waals surface area contributed by atoms with Crippen LogP contribution in [0.5, 0.6) is 0 Å². The van der Waals surface area contributed by atoms with Gasteiger partial charge in [-0.15, -0.1) is 11.3 Å². The summed E-state index contributed by atoms with van der Waals surface area (Å²) in [6.45, 7) is 3.92. The van der Waals surface area contributed by atoms with Gasteiger partial charge in [-0.25, -0.2) is 12.8 Å². The zero-order valence-corrected chi connectivity index (χ0v) is 18.8. The fraction of sp³-hybridized carbons (Fsp3) is 0.304. The summed E-state index contributed by atoms with van der Waals surface area (Å²) < 4.78 is 40.7. The first kappa shape index (κ1) is 21.6. The summed E-state index contributed by atoms with van der Waals surface area (Å²) in [5.41, 5.74) is 0.0975. The number of aromatic nitrogens is 1. The van der Waals surface area contributed by atoms with Gasteiger partial charge in [-0.1, -0.05) is 19.9 Å². The molecule has 1 aliphatic carbocycles. The SMILES string of the molecule is CCC1(C)CC(c2ccc(S(=O)(=O)Cc3cc4c(=O)[nH]ccc4cc3F)s2)=CCC1=O. The number of Topliss-reactive ketones (excluding diaryl/α,β-unsaturated/α-hetero) is 1. The van der Waals surface area contributed by atoms with Gasteiger partial charge >= 0.3 is 0 Å². The minimum absolute atomic E-state index is 0.0415. The summed E-state index contributed by atoms with van der Waals surface area (Å²) in [5, 5.41) is 0.662. The Labute approximate surface area is 183 Å². The highest BCUT2D eigenvalue weighted by molar-refractivity contribution is 7.92. The van der Waals surface area contributed by atoms with E-state index >= 15 is 0 Å². The predicted octanol–water partition coefficient (Wildman–Crippen LogP) is 4.87. The fourth-order valence-electron chi connectivity index (χ4n) is 3.86. The number of thiophene rings is 1. The van der Waals surface area contributed by atoms with E-state index in [1.54, 1.807) is 12.1 Å². The van der Waals surface area contributed by atoms with Crippen LogP contribution >= 0.6 is 11.3 Å². The lowest BCUT2D eigenvalue weighted by molar-refractivity contribution is -0.127. The zero-order valence-electron chi connectivity index (χ0n) is 17.2. The van der Waals surface area contributed by atoms with E-state index in [1.165, 1.54) is 24.4 Å². The molecule has 1 atom stereocenters. The van der Waals surface area contributed by atoms with Gasteiger partial charge in [0.2, 0.25) is 0 Å². The highest BCUT2D eigenvalue weighted by Gasteiger charge is 2.35. The van der Waals surface area contributed by atoms with Gasteiger partial charge in [-0.2, -0.15) is 0 Å². The number of halogens is 1. The van der Waals surface area contributed by atoms with Gasteiger partial charge < -0.3 is 4.98 Å². The standard InChI is InChI=1S/C23H22FNO4S2/c1-3-23(2)12-15(4-6-20(23)26)19-5-7-21(30-19)31(28,29)13-16-10-17-14(11-18(16)24)8-9-25-22(17)27/h4-5,7-11H,3,6,12-13H2,1-2H3,(H,25,27). The van der Waals surface area contributed by atoms with Gasteiger partial charge in [-0.3, -0.25) is 9.59 Å². The molecule has 3 aromatic rings. The van der Waals surface area contributed by atoms with E-state index in [2.05, 4.69) is 4.98 Å². The third-order valence-electron chi connectivity index (χ3n) is 6.06. The Morgan fingerprint density at radius 3 is 2.71 bits per heavy atom. The average molecular weight is 460 g/mol. The number of pyridine rings is 1. The molecule has 2 heterocycles. The molecule has 1 aromatic carbocycles. The van der Waals surface area contributed by atoms with E-state index in [4.69, 9.17) is 0 Å². The second kappa shape index (κ2) is 7.84. The van der Waals surface area contributed by atoms with Crippen LogP contribution in [0.1, 0.15) is 43.6 Å². The van der Waals surface area contributed by atoms with Crippen molar-refractivity contribution in [1.29, 1.82) is 0 Å². The molecule has 1 unspecified atom stereocenters. The number of hydrogen-bond donors (Lipinski definition) is 1. The first-order valence-electron chi connectivity index (χ1n) is 9.98. The normalized spacial score (nSPS) is 19.6. The number of sulfone groups is 1. The molecule has 0 radical (unpaired) electrons. The van der Waals surface area contributed by atoms with Crippen molar-refractivity contribution in [2.45, 2.75) is 43.1 Å². The maximum atomic E-state index is 14.5. The van der Waals surface area contributed by atoms with Crippen molar-refractivity contribution in [2.24, 2.45) is 5.41 Å². The van der Waals surface area contributed by atoms with Crippen molar-refractivity contribution in [2.75, 3.05) is 0 Å². The molecule has 5 nitrogen and oxygen atoms in total. The molecule has 1 N–H and O–H groups in total. The summed E-state index contributed by atoms with van der Waals surface area (Å²) in [6.07, 6.45) is 4.93. The Bertz CT molecular complexity index is 1380. The van der Waals surface area contributed by atoms with E-state index in [1.807, 2.05) is 19.9 Å². The van der Waals surface area contributed by atoms with Gasteiger partial charge in [0.25, 0.3) is 5.56 Å². The van der Waals surface area contributed by atoms with E-state index in [0.29, 0.717) is 18.2 Å². The molecule has 31 heavy (non-hydrogen) atoms. The molecule has 4 rings (SSSR count). The fourth-order valence-corrected chi connectivity index (χ4v) is 6.64. The molecule has 162 valence electrons. The smallest absolute Gasteiger partial charge is 0.255 e. The minimum Gasteiger partial charge on any atom is -0.329 e. The third-order valence-corrected chi connectivity index (χ3v) is 9.47. The summed E-state index contributed by atoms with van der Waals surface area (Å²) in [4.78, 5) is 27.6. The third kappa shape index (κ3) is 4.02. The van der Waals surface area contributed by atoms with Crippen molar-refractivity contribution in [3.63, 3.8) is 0 Å². The van der Waals surface area contributed by atoms with Crippen LogP contribution in [0, 0.1) is 11.2 Å². The maximum Gasteiger partial charge on any atom is 0.255 e. The number of fused-ring (bicyclic) bond motifs is 1. The maximum absolute atomic E-state index is 14.5. The summed E-state index contributed by atoms with van der Waals surface area (Å²) >= 11 is 1.13. The Hall–Kier alpha value is -2.58. The number of hydrogen-bond acceptors (Lipinski definition) is 5. The molecular weight excluding hydrogens is 437 g/mol. The first-order chi connectivity index (χ1) is 14.6. The Morgan fingerprint density at radius 2 is 1.97 bits per heavy atom. The van der Waals surface area contributed by atoms with Crippen molar-refractivity contribution in [1.82, 2.24) is 4.98 Å². The topological polar surface area (TPSA) is 84.1 Å². The Morgan fingerprint density at radius 1 is 1.19 bits per heavy atom. The number of carbonyl (C=O) groups is 1. The van der Waals surface area contributed by atoms with Crippen LogP contribution in [0.2, 0.25) is 0 Å². The number of ketones is 1. The predicted molar refractivity (Wildman–Crippen MR) is 120 cm³/mol. The molecule has 2 aromatic heterocycles. The summed E-state index contributed by atoms with van der Waals surface area (Å²) in [7, 11) is -3.81. The molecule has 0 saturated heterocycles. The van der Waals surface area contributed by atoms with Crippen LogP contribution < -0.4 is 5.56 Å². The van der Waals surface area contributed by atoms with Crippen LogP contribution in [0.15, 0.2) is 51.6 Å². The Kier molecular flexibility index (Phi) is 5.47. The van der Waals surface area contributed by atoms with Crippen molar-refractivity contribution >= 4 is 43.3 Å². The van der Waals surface area contributed by atoms with E-state index in [-0.39, 0.29) is 20.9 Å². The van der Waals surface area contributed by atoms with Crippen LogP contribution in [0.4, 0.5) is 4.39 Å². The number of allylic oxidation sites excluding steroid dienone is 2. The monoisotopic (exact) mass is 459 g/mol.